The lowest BCUT2D eigenvalue weighted by Crippen LogP contribution is -2.38. The van der Waals surface area contributed by atoms with Gasteiger partial charge in [0.1, 0.15) is 5.75 Å². The predicted octanol–water partition coefficient (Wildman–Crippen LogP) is 2.78. The number of carbonyl (C=O) groups excluding carboxylic acids is 1. The molecule has 4 unspecified atom stereocenters. The minimum atomic E-state index is -4.81. The Morgan fingerprint density at radius 1 is 1.26 bits per heavy atom. The summed E-state index contributed by atoms with van der Waals surface area (Å²) in [5, 5.41) is 9.06. The standard InChI is InChI=1S/C18H20F3NO5/c1-26-11-6-10(7-16(23)24)22(9-11)17(25)14-8-13(14)12-4-2-3-5-15(12)27-18(19,20)21/h2-5,10-11,13-14H,6-9H2,1H3,(H,23,24). The molecule has 1 amide bonds. The molecular weight excluding hydrogens is 367 g/mol. The van der Waals surface area contributed by atoms with Crippen LogP contribution in [-0.2, 0) is 14.3 Å². The molecule has 148 valence electrons. The highest BCUT2D eigenvalue weighted by molar-refractivity contribution is 5.84. The van der Waals surface area contributed by atoms with Crippen LogP contribution in [0.2, 0.25) is 0 Å². The molecule has 4 atom stereocenters. The Morgan fingerprint density at radius 2 is 1.96 bits per heavy atom. The molecule has 1 aliphatic carbocycles. The molecule has 0 bridgehead atoms. The van der Waals surface area contributed by atoms with E-state index in [2.05, 4.69) is 4.74 Å². The van der Waals surface area contributed by atoms with Gasteiger partial charge in [-0.3, -0.25) is 9.59 Å². The van der Waals surface area contributed by atoms with Crippen molar-refractivity contribution in [1.82, 2.24) is 4.90 Å². The van der Waals surface area contributed by atoms with Crippen LogP contribution in [0.4, 0.5) is 13.2 Å². The van der Waals surface area contributed by atoms with Crippen molar-refractivity contribution in [2.45, 2.75) is 43.7 Å². The number of benzene rings is 1. The zero-order valence-corrected chi connectivity index (χ0v) is 14.6. The van der Waals surface area contributed by atoms with E-state index in [1.165, 1.54) is 30.2 Å². The van der Waals surface area contributed by atoms with Gasteiger partial charge < -0.3 is 19.5 Å². The van der Waals surface area contributed by atoms with E-state index < -0.39 is 24.3 Å². The number of aliphatic carboxylic acids is 1. The van der Waals surface area contributed by atoms with Crippen LogP contribution in [0.1, 0.15) is 30.7 Å². The first-order valence-corrected chi connectivity index (χ1v) is 8.59. The number of para-hydroxylation sites is 1. The first-order chi connectivity index (χ1) is 12.7. The molecular formula is C18H20F3NO5. The van der Waals surface area contributed by atoms with Gasteiger partial charge in [-0.25, -0.2) is 0 Å². The van der Waals surface area contributed by atoms with Crippen LogP contribution in [0, 0.1) is 5.92 Å². The third kappa shape index (κ3) is 4.52. The number of carbonyl (C=O) groups is 2. The minimum Gasteiger partial charge on any atom is -0.481 e. The number of likely N-dealkylation sites (tertiary alicyclic amines) is 1. The van der Waals surface area contributed by atoms with Crippen molar-refractivity contribution in [3.05, 3.63) is 29.8 Å². The Hall–Kier alpha value is -2.29. The summed E-state index contributed by atoms with van der Waals surface area (Å²) in [6, 6.07) is 5.32. The lowest BCUT2D eigenvalue weighted by Gasteiger charge is -2.23. The molecule has 3 rings (SSSR count). The van der Waals surface area contributed by atoms with E-state index >= 15 is 0 Å². The fraction of sp³-hybridized carbons (Fsp3) is 0.556. The normalized spacial score (nSPS) is 27.5. The van der Waals surface area contributed by atoms with Crippen molar-refractivity contribution in [2.75, 3.05) is 13.7 Å². The number of alkyl halides is 3. The third-order valence-corrected chi connectivity index (χ3v) is 5.05. The second-order valence-electron chi connectivity index (χ2n) is 6.87. The summed E-state index contributed by atoms with van der Waals surface area (Å²) in [5.41, 5.74) is 0.338. The molecule has 1 aliphatic heterocycles. The summed E-state index contributed by atoms with van der Waals surface area (Å²) in [7, 11) is 1.50. The van der Waals surface area contributed by atoms with Crippen LogP contribution in [0.25, 0.3) is 0 Å². The minimum absolute atomic E-state index is 0.184. The van der Waals surface area contributed by atoms with Crippen molar-refractivity contribution >= 4 is 11.9 Å². The van der Waals surface area contributed by atoms with Crippen molar-refractivity contribution < 1.29 is 37.3 Å². The molecule has 0 aromatic heterocycles. The fourth-order valence-corrected chi connectivity index (χ4v) is 3.74. The van der Waals surface area contributed by atoms with E-state index in [0.29, 0.717) is 18.4 Å². The number of rotatable bonds is 6. The Kier molecular flexibility index (Phi) is 5.32. The summed E-state index contributed by atoms with van der Waals surface area (Å²) in [6.07, 6.45) is -4.39. The van der Waals surface area contributed by atoms with Crippen molar-refractivity contribution in [2.24, 2.45) is 5.92 Å². The SMILES string of the molecule is COC1CC(CC(=O)O)N(C(=O)C2CC2c2ccccc2OC(F)(F)F)C1. The van der Waals surface area contributed by atoms with Crippen LogP contribution >= 0.6 is 0 Å². The van der Waals surface area contributed by atoms with E-state index in [1.54, 1.807) is 6.07 Å². The van der Waals surface area contributed by atoms with E-state index in [9.17, 15) is 22.8 Å². The maximum absolute atomic E-state index is 12.9. The summed E-state index contributed by atoms with van der Waals surface area (Å²) in [4.78, 5) is 25.4. The van der Waals surface area contributed by atoms with Crippen molar-refractivity contribution in [1.29, 1.82) is 0 Å². The van der Waals surface area contributed by atoms with Gasteiger partial charge >= 0.3 is 12.3 Å². The average Bonchev–Trinajstić information content (AvgIpc) is 3.26. The van der Waals surface area contributed by atoms with Crippen LogP contribution in [0.3, 0.4) is 0 Å². The molecule has 1 aromatic carbocycles. The topological polar surface area (TPSA) is 76.1 Å². The third-order valence-electron chi connectivity index (χ3n) is 5.05. The maximum Gasteiger partial charge on any atom is 0.573 e. The molecule has 1 saturated heterocycles. The zero-order chi connectivity index (χ0) is 19.8. The van der Waals surface area contributed by atoms with Crippen molar-refractivity contribution in [3.63, 3.8) is 0 Å². The maximum atomic E-state index is 12.9. The number of methoxy groups -OCH3 is 1. The van der Waals surface area contributed by atoms with Crippen molar-refractivity contribution in [3.8, 4) is 5.75 Å². The Labute approximate surface area is 153 Å². The van der Waals surface area contributed by atoms with Gasteiger partial charge in [0.15, 0.2) is 0 Å². The van der Waals surface area contributed by atoms with Gasteiger partial charge in [0, 0.05) is 25.6 Å². The summed E-state index contributed by atoms with van der Waals surface area (Å²) in [5.74, 6) is -2.40. The van der Waals surface area contributed by atoms with E-state index in [0.717, 1.165) is 0 Å². The highest BCUT2D eigenvalue weighted by Crippen LogP contribution is 2.52. The number of hydrogen-bond donors (Lipinski definition) is 1. The smallest absolute Gasteiger partial charge is 0.481 e. The molecule has 1 heterocycles. The fourth-order valence-electron chi connectivity index (χ4n) is 3.74. The lowest BCUT2D eigenvalue weighted by molar-refractivity contribution is -0.274. The molecule has 1 aromatic rings. The molecule has 0 spiro atoms. The molecule has 27 heavy (non-hydrogen) atoms. The number of amides is 1. The van der Waals surface area contributed by atoms with Crippen LogP contribution in [-0.4, -0.2) is 54.0 Å². The van der Waals surface area contributed by atoms with Crippen LogP contribution in [0.5, 0.6) is 5.75 Å². The highest BCUT2D eigenvalue weighted by atomic mass is 19.4. The summed E-state index contributed by atoms with van der Waals surface area (Å²) in [6.45, 7) is 0.289. The molecule has 1 N–H and O–H groups in total. The Bertz CT molecular complexity index is 723. The van der Waals surface area contributed by atoms with E-state index in [4.69, 9.17) is 9.84 Å². The number of carboxylic acid groups (broad SMARTS) is 1. The molecule has 6 nitrogen and oxygen atoms in total. The van der Waals surface area contributed by atoms with Gasteiger partial charge in [-0.05, 0) is 30.4 Å². The van der Waals surface area contributed by atoms with Gasteiger partial charge in [-0.1, -0.05) is 18.2 Å². The number of carboxylic acids is 1. The van der Waals surface area contributed by atoms with Gasteiger partial charge in [0.05, 0.1) is 12.5 Å². The second-order valence-corrected chi connectivity index (χ2v) is 6.87. The first kappa shape index (κ1) is 19.5. The first-order valence-electron chi connectivity index (χ1n) is 8.59. The molecule has 1 saturated carbocycles. The van der Waals surface area contributed by atoms with Crippen LogP contribution in [0.15, 0.2) is 24.3 Å². The quantitative estimate of drug-likeness (QED) is 0.812. The average molecular weight is 387 g/mol. The predicted molar refractivity (Wildman–Crippen MR) is 87.1 cm³/mol. The van der Waals surface area contributed by atoms with Gasteiger partial charge in [0.2, 0.25) is 5.91 Å². The lowest BCUT2D eigenvalue weighted by atomic mass is 10.1. The Morgan fingerprint density at radius 3 is 2.59 bits per heavy atom. The summed E-state index contributed by atoms with van der Waals surface area (Å²) < 4.78 is 47.1. The zero-order valence-electron chi connectivity index (χ0n) is 14.6. The Balaban J connectivity index is 1.73. The molecule has 0 radical (unpaired) electrons. The molecule has 2 aliphatic rings. The summed E-state index contributed by atoms with van der Waals surface area (Å²) >= 11 is 0. The van der Waals surface area contributed by atoms with E-state index in [1.807, 2.05) is 0 Å². The van der Waals surface area contributed by atoms with E-state index in [-0.39, 0.29) is 36.6 Å². The molecule has 2 fully saturated rings. The number of nitrogens with zero attached hydrogens (tertiary/aromatic N) is 1. The number of halogens is 3. The largest absolute Gasteiger partial charge is 0.573 e. The monoisotopic (exact) mass is 387 g/mol. The highest BCUT2D eigenvalue weighted by Gasteiger charge is 2.50. The molecule has 9 heteroatoms. The van der Waals surface area contributed by atoms with Gasteiger partial charge in [-0.15, -0.1) is 13.2 Å². The second kappa shape index (κ2) is 7.38. The van der Waals surface area contributed by atoms with Gasteiger partial charge in [-0.2, -0.15) is 0 Å². The van der Waals surface area contributed by atoms with Gasteiger partial charge in [0.25, 0.3) is 0 Å². The number of hydrogen-bond acceptors (Lipinski definition) is 4. The van der Waals surface area contributed by atoms with Crippen LogP contribution < -0.4 is 4.74 Å². The number of ether oxygens (including phenoxy) is 2.